The third-order valence-corrected chi connectivity index (χ3v) is 5.64. The average Bonchev–Trinajstić information content (AvgIpc) is 3.00. The zero-order valence-corrected chi connectivity index (χ0v) is 17.8. The van der Waals surface area contributed by atoms with E-state index in [1.54, 1.807) is 12.1 Å². The average molecular weight is 443 g/mol. The number of ether oxygens (including phenoxy) is 1. The zero-order chi connectivity index (χ0) is 21.0. The number of hydrogen-bond donors (Lipinski definition) is 2. The van der Waals surface area contributed by atoms with Crippen LogP contribution < -0.4 is 10.1 Å². The molecule has 1 aliphatic heterocycles. The Balaban J connectivity index is 0.00000240. The zero-order valence-electron chi connectivity index (χ0n) is 16.2. The molecule has 2 aromatic carbocycles. The molecule has 0 unspecified atom stereocenters. The standard InChI is InChI=1S/C22H21NO4S2.2Li.2H/c1-3-4-18-15(7-10-17(13(2)24)20(18)25)12-27-16-8-5-14(6-9-16)11-19-21(26)23-22(28)29-19;;;;/h5-11,25H,3-4,12H2,1-2H3,(H,23,26,28);;;;/b19-11-;;;;. The van der Waals surface area contributed by atoms with Gasteiger partial charge in [-0.3, -0.25) is 9.59 Å². The molecule has 1 fully saturated rings. The number of phenolic OH excluding ortho intramolecular Hbond substituents is 1. The van der Waals surface area contributed by atoms with Gasteiger partial charge in [-0.15, -0.1) is 0 Å². The molecule has 1 heterocycles. The third-order valence-electron chi connectivity index (χ3n) is 4.47. The molecule has 0 aromatic heterocycles. The van der Waals surface area contributed by atoms with E-state index in [0.717, 1.165) is 23.1 Å². The molecule has 3 rings (SSSR count). The number of ketones is 1. The third kappa shape index (κ3) is 7.02. The van der Waals surface area contributed by atoms with Crippen LogP contribution in [-0.4, -0.2) is 58.8 Å². The number of nitrogens with one attached hydrogen (secondary N) is 1. The number of phenols is 1. The van der Waals surface area contributed by atoms with Crippen LogP contribution in [0.25, 0.3) is 6.08 Å². The second-order valence-corrected chi connectivity index (χ2v) is 8.33. The number of thioether (sulfide) groups is 1. The number of amides is 1. The van der Waals surface area contributed by atoms with Crippen LogP contribution in [0.15, 0.2) is 41.3 Å². The van der Waals surface area contributed by atoms with Crippen molar-refractivity contribution >= 4 is 83.8 Å². The van der Waals surface area contributed by atoms with Crippen molar-refractivity contribution in [3.8, 4) is 11.5 Å². The Labute approximate surface area is 215 Å². The Kier molecular flexibility index (Phi) is 11.2. The van der Waals surface area contributed by atoms with Gasteiger partial charge in [0.2, 0.25) is 0 Å². The second kappa shape index (κ2) is 12.6. The molecule has 0 spiro atoms. The van der Waals surface area contributed by atoms with E-state index < -0.39 is 0 Å². The van der Waals surface area contributed by atoms with Crippen molar-refractivity contribution in [2.75, 3.05) is 0 Å². The van der Waals surface area contributed by atoms with E-state index in [-0.39, 0.29) is 61.8 Å². The van der Waals surface area contributed by atoms with Crippen LogP contribution in [0.3, 0.4) is 0 Å². The van der Waals surface area contributed by atoms with Crippen molar-refractivity contribution in [3.63, 3.8) is 0 Å². The summed E-state index contributed by atoms with van der Waals surface area (Å²) in [4.78, 5) is 24.0. The van der Waals surface area contributed by atoms with E-state index >= 15 is 0 Å². The summed E-state index contributed by atoms with van der Waals surface area (Å²) in [5.74, 6) is 0.376. The molecule has 0 aliphatic carbocycles. The summed E-state index contributed by atoms with van der Waals surface area (Å²) in [6, 6.07) is 10.8. The number of aromatic hydroxyl groups is 1. The van der Waals surface area contributed by atoms with E-state index in [9.17, 15) is 14.7 Å². The first-order valence-corrected chi connectivity index (χ1v) is 10.4. The number of hydrogen-bond acceptors (Lipinski definition) is 6. The van der Waals surface area contributed by atoms with Crippen molar-refractivity contribution in [2.45, 2.75) is 33.3 Å². The predicted octanol–water partition coefficient (Wildman–Crippen LogP) is 3.32. The summed E-state index contributed by atoms with van der Waals surface area (Å²) in [6.45, 7) is 3.75. The van der Waals surface area contributed by atoms with Gasteiger partial charge in [-0.05, 0) is 48.7 Å². The predicted molar refractivity (Wildman–Crippen MR) is 133 cm³/mol. The monoisotopic (exact) mass is 443 g/mol. The summed E-state index contributed by atoms with van der Waals surface area (Å²) in [5.41, 5.74) is 2.81. The molecule has 1 saturated heterocycles. The number of Topliss-reactive ketones (excluding diaryl/α,β-unsaturated/α-hetero) is 1. The van der Waals surface area contributed by atoms with Gasteiger partial charge in [-0.2, -0.15) is 0 Å². The van der Waals surface area contributed by atoms with Gasteiger partial charge in [0.1, 0.15) is 22.4 Å². The molecule has 5 nitrogen and oxygen atoms in total. The molecule has 0 atom stereocenters. The summed E-state index contributed by atoms with van der Waals surface area (Å²) in [5, 5.41) is 13.0. The molecule has 9 heteroatoms. The van der Waals surface area contributed by atoms with Gasteiger partial charge in [0.05, 0.1) is 10.5 Å². The Morgan fingerprint density at radius 2 is 1.87 bits per heavy atom. The number of rotatable bonds is 7. The van der Waals surface area contributed by atoms with Crippen LogP contribution >= 0.6 is 24.0 Å². The first kappa shape index (κ1) is 27.6. The van der Waals surface area contributed by atoms with Crippen molar-refractivity contribution in [3.05, 3.63) is 63.6 Å². The van der Waals surface area contributed by atoms with Gasteiger partial charge in [-0.25, -0.2) is 0 Å². The Bertz CT molecular complexity index is 1010. The van der Waals surface area contributed by atoms with Crippen molar-refractivity contribution in [1.82, 2.24) is 5.32 Å². The summed E-state index contributed by atoms with van der Waals surface area (Å²) < 4.78 is 6.34. The van der Waals surface area contributed by atoms with Gasteiger partial charge in [0.15, 0.2) is 5.78 Å². The van der Waals surface area contributed by atoms with Crippen LogP contribution in [0.4, 0.5) is 0 Å². The Morgan fingerprint density at radius 3 is 2.42 bits per heavy atom. The summed E-state index contributed by atoms with van der Waals surface area (Å²) in [7, 11) is 0. The fraction of sp³-hybridized carbons (Fsp3) is 0.227. The summed E-state index contributed by atoms with van der Waals surface area (Å²) in [6.07, 6.45) is 3.29. The van der Waals surface area contributed by atoms with Crippen LogP contribution in [0.2, 0.25) is 0 Å². The fourth-order valence-corrected chi connectivity index (χ4v) is 4.06. The number of benzene rings is 2. The number of thiocarbonyl (C=S) groups is 1. The minimum absolute atomic E-state index is 0. The molecule has 0 bridgehead atoms. The molecular formula is C22H23Li2NO4S2. The van der Waals surface area contributed by atoms with Gasteiger partial charge in [0.25, 0.3) is 5.91 Å². The van der Waals surface area contributed by atoms with Gasteiger partial charge in [-0.1, -0.05) is 55.5 Å². The molecule has 1 aliphatic rings. The maximum absolute atomic E-state index is 11.7. The number of carbonyl (C=O) groups excluding carboxylic acids is 2. The van der Waals surface area contributed by atoms with Crippen LogP contribution in [-0.2, 0) is 17.8 Å². The van der Waals surface area contributed by atoms with Crippen LogP contribution in [0.1, 0.15) is 47.3 Å². The Hall–Kier alpha value is -1.45. The SMILES string of the molecule is CCCc1c(COc2ccc(/C=C3\SC(=S)NC3=O)cc2)ccc(C(C)=O)c1O.[LiH].[LiH]. The molecule has 2 aromatic rings. The molecule has 0 saturated carbocycles. The van der Waals surface area contributed by atoms with E-state index in [0.29, 0.717) is 27.0 Å². The maximum atomic E-state index is 11.7. The van der Waals surface area contributed by atoms with Crippen molar-refractivity contribution in [2.24, 2.45) is 0 Å². The van der Waals surface area contributed by atoms with E-state index in [2.05, 4.69) is 5.32 Å². The van der Waals surface area contributed by atoms with E-state index in [1.807, 2.05) is 37.3 Å². The van der Waals surface area contributed by atoms with Gasteiger partial charge in [0, 0.05) is 5.56 Å². The topological polar surface area (TPSA) is 75.6 Å². The molecule has 31 heavy (non-hydrogen) atoms. The number of carbonyl (C=O) groups is 2. The Morgan fingerprint density at radius 1 is 1.19 bits per heavy atom. The van der Waals surface area contributed by atoms with Crippen LogP contribution in [0, 0.1) is 0 Å². The van der Waals surface area contributed by atoms with Gasteiger partial charge < -0.3 is 15.2 Å². The van der Waals surface area contributed by atoms with E-state index in [4.69, 9.17) is 17.0 Å². The fourth-order valence-electron chi connectivity index (χ4n) is 3.02. The van der Waals surface area contributed by atoms with Crippen molar-refractivity contribution in [1.29, 1.82) is 0 Å². The normalized spacial score (nSPS) is 13.9. The van der Waals surface area contributed by atoms with E-state index in [1.165, 1.54) is 18.7 Å². The minimum atomic E-state index is -0.183. The van der Waals surface area contributed by atoms with Crippen LogP contribution in [0.5, 0.6) is 11.5 Å². The second-order valence-electron chi connectivity index (χ2n) is 6.62. The first-order chi connectivity index (χ1) is 13.9. The van der Waals surface area contributed by atoms with Gasteiger partial charge >= 0.3 is 37.7 Å². The molecular weight excluding hydrogens is 420 g/mol. The quantitative estimate of drug-likeness (QED) is 0.296. The molecule has 0 radical (unpaired) electrons. The molecule has 1 amide bonds. The first-order valence-electron chi connectivity index (χ1n) is 9.21. The van der Waals surface area contributed by atoms with Crippen molar-refractivity contribution < 1.29 is 19.4 Å². The summed E-state index contributed by atoms with van der Waals surface area (Å²) >= 11 is 6.23. The molecule has 154 valence electrons. The molecule has 2 N–H and O–H groups in total.